The van der Waals surface area contributed by atoms with Crippen LogP contribution in [-0.4, -0.2) is 29.4 Å². The second-order valence-corrected chi connectivity index (χ2v) is 2.71. The van der Waals surface area contributed by atoms with Gasteiger partial charge in [0.1, 0.15) is 0 Å². The molecule has 0 N–H and O–H groups in total. The smallest absolute Gasteiger partial charge is 0.548 e. The number of hydrogen-bond acceptors (Lipinski definition) is 3. The summed E-state index contributed by atoms with van der Waals surface area (Å²) in [4.78, 5) is 22.8. The molecule has 1 fully saturated rings. The van der Waals surface area contributed by atoms with Crippen LogP contribution in [0.25, 0.3) is 0 Å². The van der Waals surface area contributed by atoms with Gasteiger partial charge in [-0.15, -0.1) is 0 Å². The Kier molecular flexibility index (Phi) is 5.29. The number of carbonyl (C=O) groups excluding carboxylic acids is 2. The maximum atomic E-state index is 11.0. The van der Waals surface area contributed by atoms with E-state index in [2.05, 4.69) is 6.58 Å². The SMILES string of the molecule is C=CC(=O)N1CCC[C@@H]1C(=O)[O-].[Na+]. The van der Waals surface area contributed by atoms with Crippen molar-refractivity contribution in [1.29, 1.82) is 0 Å². The van der Waals surface area contributed by atoms with Gasteiger partial charge in [0.25, 0.3) is 0 Å². The van der Waals surface area contributed by atoms with Crippen molar-refractivity contribution in [1.82, 2.24) is 4.90 Å². The third kappa shape index (κ3) is 2.83. The first-order chi connectivity index (χ1) is 5.66. The van der Waals surface area contributed by atoms with Crippen LogP contribution in [0.2, 0.25) is 0 Å². The number of carboxylic acid groups (broad SMARTS) is 1. The van der Waals surface area contributed by atoms with Crippen LogP contribution in [0.3, 0.4) is 0 Å². The molecule has 0 saturated carbocycles. The Labute approximate surface area is 98.9 Å². The zero-order chi connectivity index (χ0) is 9.14. The van der Waals surface area contributed by atoms with Crippen LogP contribution in [-0.2, 0) is 9.59 Å². The standard InChI is InChI=1S/C8H11NO3.Na/c1-2-7(10)9-5-3-4-6(9)8(11)12;/h2,6H,1,3-5H2,(H,11,12);/q;+1/p-1/t6-;/m1./s1. The molecule has 0 unspecified atom stereocenters. The minimum absolute atomic E-state index is 0. The van der Waals surface area contributed by atoms with Gasteiger partial charge in [-0.2, -0.15) is 0 Å². The van der Waals surface area contributed by atoms with E-state index in [1.807, 2.05) is 0 Å². The van der Waals surface area contributed by atoms with E-state index in [1.165, 1.54) is 4.90 Å². The van der Waals surface area contributed by atoms with Crippen LogP contribution < -0.4 is 34.7 Å². The molecule has 0 aliphatic carbocycles. The molecule has 0 aromatic rings. The van der Waals surface area contributed by atoms with Crippen molar-refractivity contribution in [3.63, 3.8) is 0 Å². The van der Waals surface area contributed by atoms with E-state index in [0.717, 1.165) is 12.5 Å². The molecule has 13 heavy (non-hydrogen) atoms. The predicted molar refractivity (Wildman–Crippen MR) is 39.9 cm³/mol. The minimum atomic E-state index is -1.18. The second kappa shape index (κ2) is 5.42. The zero-order valence-corrected chi connectivity index (χ0v) is 9.66. The summed E-state index contributed by atoms with van der Waals surface area (Å²) in [6.45, 7) is 3.78. The fraction of sp³-hybridized carbons (Fsp3) is 0.500. The topological polar surface area (TPSA) is 60.4 Å². The van der Waals surface area contributed by atoms with Gasteiger partial charge in [0, 0.05) is 6.54 Å². The van der Waals surface area contributed by atoms with E-state index in [4.69, 9.17) is 0 Å². The Balaban J connectivity index is 0.00000144. The molecule has 1 saturated heterocycles. The maximum absolute atomic E-state index is 11.0. The van der Waals surface area contributed by atoms with Crippen molar-refractivity contribution < 1.29 is 44.3 Å². The summed E-state index contributed by atoms with van der Waals surface area (Å²) < 4.78 is 0. The molecule has 1 rings (SSSR count). The molecule has 0 aromatic carbocycles. The van der Waals surface area contributed by atoms with Gasteiger partial charge in [-0.05, 0) is 18.9 Å². The fourth-order valence-corrected chi connectivity index (χ4v) is 1.39. The number of aliphatic carboxylic acids is 1. The average molecular weight is 191 g/mol. The van der Waals surface area contributed by atoms with Crippen LogP contribution in [0.15, 0.2) is 12.7 Å². The molecule has 1 atom stereocenters. The number of amides is 1. The monoisotopic (exact) mass is 191 g/mol. The van der Waals surface area contributed by atoms with Crippen LogP contribution >= 0.6 is 0 Å². The Hall–Kier alpha value is -0.320. The van der Waals surface area contributed by atoms with E-state index < -0.39 is 12.0 Å². The largest absolute Gasteiger partial charge is 1.00 e. The summed E-state index contributed by atoms with van der Waals surface area (Å²) in [5, 5.41) is 10.5. The summed E-state index contributed by atoms with van der Waals surface area (Å²) in [6, 6.07) is -0.754. The van der Waals surface area contributed by atoms with Gasteiger partial charge in [0.2, 0.25) is 5.91 Å². The Bertz CT molecular complexity index is 229. The molecule has 1 aliphatic rings. The molecule has 5 heteroatoms. The summed E-state index contributed by atoms with van der Waals surface area (Å²) in [5.74, 6) is -1.51. The molecule has 1 amide bonds. The van der Waals surface area contributed by atoms with E-state index >= 15 is 0 Å². The zero-order valence-electron chi connectivity index (χ0n) is 7.66. The minimum Gasteiger partial charge on any atom is -0.548 e. The van der Waals surface area contributed by atoms with Crippen LogP contribution in [0.4, 0.5) is 0 Å². The number of carbonyl (C=O) groups is 2. The Morgan fingerprint density at radius 1 is 1.54 bits per heavy atom. The Morgan fingerprint density at radius 2 is 2.15 bits per heavy atom. The van der Waals surface area contributed by atoms with Crippen LogP contribution in [0, 0.1) is 0 Å². The Morgan fingerprint density at radius 3 is 2.62 bits per heavy atom. The molecular formula is C8H10NNaO3. The van der Waals surface area contributed by atoms with E-state index in [1.54, 1.807) is 0 Å². The predicted octanol–water partition coefficient (Wildman–Crippen LogP) is -4.08. The third-order valence-corrected chi connectivity index (χ3v) is 1.98. The molecule has 0 radical (unpaired) electrons. The van der Waals surface area contributed by atoms with Gasteiger partial charge in [-0.3, -0.25) is 4.79 Å². The molecule has 0 bridgehead atoms. The van der Waals surface area contributed by atoms with Crippen molar-refractivity contribution in [2.45, 2.75) is 18.9 Å². The van der Waals surface area contributed by atoms with Crippen molar-refractivity contribution in [2.24, 2.45) is 0 Å². The number of hydrogen-bond donors (Lipinski definition) is 0. The van der Waals surface area contributed by atoms with E-state index in [-0.39, 0.29) is 35.5 Å². The van der Waals surface area contributed by atoms with E-state index in [9.17, 15) is 14.7 Å². The van der Waals surface area contributed by atoms with Gasteiger partial charge in [-0.1, -0.05) is 6.58 Å². The fourth-order valence-electron chi connectivity index (χ4n) is 1.39. The van der Waals surface area contributed by atoms with Gasteiger partial charge in [0.05, 0.1) is 12.0 Å². The van der Waals surface area contributed by atoms with Crippen molar-refractivity contribution in [3.8, 4) is 0 Å². The van der Waals surface area contributed by atoms with Gasteiger partial charge >= 0.3 is 29.6 Å². The molecular weight excluding hydrogens is 181 g/mol. The first kappa shape index (κ1) is 12.7. The quantitative estimate of drug-likeness (QED) is 0.329. The third-order valence-electron chi connectivity index (χ3n) is 1.98. The maximum Gasteiger partial charge on any atom is 1.00 e. The van der Waals surface area contributed by atoms with Crippen LogP contribution in [0.5, 0.6) is 0 Å². The number of likely N-dealkylation sites (tertiary alicyclic amines) is 1. The summed E-state index contributed by atoms with van der Waals surface area (Å²) in [7, 11) is 0. The number of carboxylic acids is 1. The van der Waals surface area contributed by atoms with Gasteiger partial charge in [-0.25, -0.2) is 0 Å². The molecule has 0 spiro atoms. The summed E-state index contributed by atoms with van der Waals surface area (Å²) in [5.41, 5.74) is 0. The summed E-state index contributed by atoms with van der Waals surface area (Å²) in [6.07, 6.45) is 2.33. The number of rotatable bonds is 2. The normalized spacial score (nSPS) is 20.6. The van der Waals surface area contributed by atoms with Gasteiger partial charge in [0.15, 0.2) is 0 Å². The molecule has 1 aliphatic heterocycles. The van der Waals surface area contributed by atoms with Crippen molar-refractivity contribution in [3.05, 3.63) is 12.7 Å². The summed E-state index contributed by atoms with van der Waals surface area (Å²) >= 11 is 0. The van der Waals surface area contributed by atoms with Gasteiger partial charge < -0.3 is 14.8 Å². The van der Waals surface area contributed by atoms with Crippen molar-refractivity contribution in [2.75, 3.05) is 6.54 Å². The average Bonchev–Trinajstić information content (AvgIpc) is 2.50. The first-order valence-corrected chi connectivity index (χ1v) is 3.80. The van der Waals surface area contributed by atoms with Crippen LogP contribution in [0.1, 0.15) is 12.8 Å². The molecule has 1 heterocycles. The molecule has 4 nitrogen and oxygen atoms in total. The number of nitrogens with zero attached hydrogens (tertiary/aromatic N) is 1. The van der Waals surface area contributed by atoms with Crippen molar-refractivity contribution >= 4 is 11.9 Å². The molecule has 66 valence electrons. The molecule has 0 aromatic heterocycles. The first-order valence-electron chi connectivity index (χ1n) is 3.80. The van der Waals surface area contributed by atoms with E-state index in [0.29, 0.717) is 13.0 Å². The second-order valence-electron chi connectivity index (χ2n) is 2.71.